The Bertz CT molecular complexity index is 418. The first-order chi connectivity index (χ1) is 8.43. The van der Waals surface area contributed by atoms with E-state index in [1.54, 1.807) is 0 Å². The molecule has 0 aliphatic heterocycles. The summed E-state index contributed by atoms with van der Waals surface area (Å²) < 4.78 is 0. The molecule has 0 saturated heterocycles. The second-order valence-electron chi connectivity index (χ2n) is 7.21. The van der Waals surface area contributed by atoms with Crippen LogP contribution >= 0.6 is 0 Å². The van der Waals surface area contributed by atoms with Gasteiger partial charge in [-0.15, -0.1) is 0 Å². The lowest BCUT2D eigenvalue weighted by Gasteiger charge is -2.44. The molecule has 2 saturated carbocycles. The first-order valence-corrected chi connectivity index (χ1v) is 7.19. The topological polar surface area (TPSA) is 40.7 Å². The number of hydrogen-bond acceptors (Lipinski definition) is 2. The Hall–Kier alpha value is -0.830. The summed E-state index contributed by atoms with van der Waals surface area (Å²) in [6, 6.07) is 0.907. The van der Waals surface area contributed by atoms with Gasteiger partial charge in [0.25, 0.3) is 0 Å². The van der Waals surface area contributed by atoms with Gasteiger partial charge in [-0.05, 0) is 42.9 Å². The average molecular weight is 247 g/mol. The highest BCUT2D eigenvalue weighted by molar-refractivity contribution is 5.13. The van der Waals surface area contributed by atoms with Gasteiger partial charge < -0.3 is 10.3 Å². The van der Waals surface area contributed by atoms with Gasteiger partial charge in [-0.2, -0.15) is 0 Å². The summed E-state index contributed by atoms with van der Waals surface area (Å²) in [7, 11) is 0. The Morgan fingerprint density at radius 3 is 2.78 bits per heavy atom. The Labute approximate surface area is 110 Å². The van der Waals surface area contributed by atoms with Crippen LogP contribution in [0.25, 0.3) is 0 Å². The van der Waals surface area contributed by atoms with Crippen LogP contribution in [0, 0.1) is 16.7 Å². The summed E-state index contributed by atoms with van der Waals surface area (Å²) in [6.45, 7) is 9.56. The van der Waals surface area contributed by atoms with E-state index in [-0.39, 0.29) is 0 Å². The summed E-state index contributed by atoms with van der Waals surface area (Å²) >= 11 is 0. The van der Waals surface area contributed by atoms with E-state index in [1.807, 2.05) is 12.4 Å². The summed E-state index contributed by atoms with van der Waals surface area (Å²) in [5, 5.41) is 3.85. The Morgan fingerprint density at radius 1 is 1.44 bits per heavy atom. The van der Waals surface area contributed by atoms with Crippen LogP contribution in [-0.4, -0.2) is 16.0 Å². The fourth-order valence-corrected chi connectivity index (χ4v) is 4.56. The molecule has 4 unspecified atom stereocenters. The van der Waals surface area contributed by atoms with Gasteiger partial charge in [-0.3, -0.25) is 0 Å². The third-order valence-corrected chi connectivity index (χ3v) is 5.62. The van der Waals surface area contributed by atoms with Crippen molar-refractivity contribution in [1.29, 1.82) is 0 Å². The lowest BCUT2D eigenvalue weighted by atomic mass is 9.68. The number of H-pyrrole nitrogens is 1. The van der Waals surface area contributed by atoms with Crippen molar-refractivity contribution in [1.82, 2.24) is 15.3 Å². The van der Waals surface area contributed by atoms with E-state index < -0.39 is 0 Å². The summed E-state index contributed by atoms with van der Waals surface area (Å²) in [5.74, 6) is 1.95. The molecule has 100 valence electrons. The third-order valence-electron chi connectivity index (χ3n) is 5.62. The Morgan fingerprint density at radius 2 is 2.22 bits per heavy atom. The predicted molar refractivity (Wildman–Crippen MR) is 73.2 cm³/mol. The van der Waals surface area contributed by atoms with Crippen LogP contribution in [-0.2, 0) is 0 Å². The first kappa shape index (κ1) is 12.2. The number of nitrogens with zero attached hydrogens (tertiary/aromatic N) is 1. The fraction of sp³-hybridized carbons (Fsp3) is 0.800. The second-order valence-corrected chi connectivity index (χ2v) is 7.21. The van der Waals surface area contributed by atoms with Gasteiger partial charge in [0.15, 0.2) is 0 Å². The van der Waals surface area contributed by atoms with Gasteiger partial charge in [0, 0.05) is 18.4 Å². The zero-order valence-corrected chi connectivity index (χ0v) is 12.0. The lowest BCUT2D eigenvalue weighted by Crippen LogP contribution is -2.51. The van der Waals surface area contributed by atoms with Gasteiger partial charge >= 0.3 is 0 Å². The molecule has 18 heavy (non-hydrogen) atoms. The number of imidazole rings is 1. The van der Waals surface area contributed by atoms with Crippen molar-refractivity contribution in [2.75, 3.05) is 0 Å². The molecule has 2 N–H and O–H groups in total. The minimum Gasteiger partial charge on any atom is -0.347 e. The summed E-state index contributed by atoms with van der Waals surface area (Å²) in [6.07, 6.45) is 7.92. The van der Waals surface area contributed by atoms with Crippen LogP contribution in [0.4, 0.5) is 0 Å². The first-order valence-electron chi connectivity index (χ1n) is 7.19. The van der Waals surface area contributed by atoms with E-state index in [4.69, 9.17) is 0 Å². The molecule has 1 heterocycles. The molecule has 1 aromatic heterocycles. The highest BCUT2D eigenvalue weighted by atomic mass is 15.1. The molecule has 3 heteroatoms. The average Bonchev–Trinajstić information content (AvgIpc) is 2.96. The minimum absolute atomic E-state index is 0.306. The van der Waals surface area contributed by atoms with E-state index in [2.05, 4.69) is 43.0 Å². The van der Waals surface area contributed by atoms with Crippen LogP contribution in [0.5, 0.6) is 0 Å². The molecule has 4 atom stereocenters. The smallest absolute Gasteiger partial charge is 0.122 e. The van der Waals surface area contributed by atoms with E-state index in [1.165, 1.54) is 19.3 Å². The van der Waals surface area contributed by atoms with E-state index in [9.17, 15) is 0 Å². The number of nitrogens with one attached hydrogen (secondary N) is 2. The maximum absolute atomic E-state index is 4.37. The molecule has 2 aliphatic rings. The van der Waals surface area contributed by atoms with Crippen LogP contribution in [0.15, 0.2) is 12.4 Å². The standard InChI is InChI=1S/C15H25N3/c1-10(12-16-7-8-17-12)18-13-14(2,3)11-5-6-15(13,4)9-11/h7-8,10-11,13,18H,5-6,9H2,1-4H3,(H,16,17). The summed E-state index contributed by atoms with van der Waals surface area (Å²) in [5.41, 5.74) is 0.892. The molecule has 2 aliphatic carbocycles. The van der Waals surface area contributed by atoms with Gasteiger partial charge in [0.1, 0.15) is 5.82 Å². The van der Waals surface area contributed by atoms with Gasteiger partial charge in [0.2, 0.25) is 0 Å². The van der Waals surface area contributed by atoms with Crippen LogP contribution in [0.2, 0.25) is 0 Å². The minimum atomic E-state index is 0.306. The number of aromatic amines is 1. The van der Waals surface area contributed by atoms with Gasteiger partial charge in [0.05, 0.1) is 6.04 Å². The quantitative estimate of drug-likeness (QED) is 0.860. The second kappa shape index (κ2) is 3.83. The lowest BCUT2D eigenvalue weighted by molar-refractivity contribution is 0.0994. The van der Waals surface area contributed by atoms with Crippen molar-refractivity contribution in [2.45, 2.75) is 59.0 Å². The number of rotatable bonds is 3. The van der Waals surface area contributed by atoms with E-state index in [0.717, 1.165) is 11.7 Å². The molecule has 2 fully saturated rings. The molecule has 1 aromatic rings. The number of hydrogen-bond donors (Lipinski definition) is 2. The van der Waals surface area contributed by atoms with Gasteiger partial charge in [-0.25, -0.2) is 4.98 Å². The molecule has 3 nitrogen and oxygen atoms in total. The monoisotopic (exact) mass is 247 g/mol. The van der Waals surface area contributed by atoms with Crippen molar-refractivity contribution in [3.8, 4) is 0 Å². The normalized spacial score (nSPS) is 39.1. The van der Waals surface area contributed by atoms with E-state index >= 15 is 0 Å². The van der Waals surface area contributed by atoms with E-state index in [0.29, 0.717) is 22.9 Å². The largest absolute Gasteiger partial charge is 0.347 e. The molecule has 0 amide bonds. The van der Waals surface area contributed by atoms with Crippen molar-refractivity contribution in [3.63, 3.8) is 0 Å². The highest BCUT2D eigenvalue weighted by Gasteiger charge is 2.59. The van der Waals surface area contributed by atoms with Crippen molar-refractivity contribution < 1.29 is 0 Å². The molecular formula is C15H25N3. The summed E-state index contributed by atoms with van der Waals surface area (Å²) in [4.78, 5) is 7.59. The highest BCUT2D eigenvalue weighted by Crippen LogP contribution is 2.62. The maximum atomic E-state index is 4.37. The van der Waals surface area contributed by atoms with Crippen LogP contribution in [0.1, 0.15) is 58.8 Å². The molecular weight excluding hydrogens is 222 g/mol. The van der Waals surface area contributed by atoms with Crippen molar-refractivity contribution in [3.05, 3.63) is 18.2 Å². The Kier molecular flexibility index (Phi) is 2.60. The van der Waals surface area contributed by atoms with Crippen molar-refractivity contribution >= 4 is 0 Å². The molecule has 0 radical (unpaired) electrons. The van der Waals surface area contributed by atoms with Crippen LogP contribution in [0.3, 0.4) is 0 Å². The molecule has 2 bridgehead atoms. The maximum Gasteiger partial charge on any atom is 0.122 e. The SMILES string of the molecule is CC(NC1C2(C)CCC(C2)C1(C)C)c1ncc[nH]1. The fourth-order valence-electron chi connectivity index (χ4n) is 4.56. The number of fused-ring (bicyclic) bond motifs is 2. The third kappa shape index (κ3) is 1.63. The van der Waals surface area contributed by atoms with Crippen molar-refractivity contribution in [2.24, 2.45) is 16.7 Å². The Balaban J connectivity index is 1.80. The van der Waals surface area contributed by atoms with Gasteiger partial charge in [-0.1, -0.05) is 20.8 Å². The molecule has 0 spiro atoms. The zero-order chi connectivity index (χ0) is 13.0. The molecule has 0 aromatic carbocycles. The number of aromatic nitrogens is 2. The van der Waals surface area contributed by atoms with Crippen LogP contribution < -0.4 is 5.32 Å². The molecule has 3 rings (SSSR count). The zero-order valence-electron chi connectivity index (χ0n) is 12.0. The predicted octanol–water partition coefficient (Wildman–Crippen LogP) is 3.28.